The molecule has 1 aromatic heterocycles. The Morgan fingerprint density at radius 2 is 2.00 bits per heavy atom. The second kappa shape index (κ2) is 7.53. The molecule has 3 heterocycles. The smallest absolute Gasteiger partial charge is 0.415 e. The lowest BCUT2D eigenvalue weighted by atomic mass is 10.1. The van der Waals surface area contributed by atoms with Crippen LogP contribution in [-0.4, -0.2) is 68.6 Å². The number of rotatable bonds is 4. The van der Waals surface area contributed by atoms with Gasteiger partial charge < -0.3 is 25.1 Å². The molecule has 10 nitrogen and oxygen atoms in total. The van der Waals surface area contributed by atoms with E-state index in [1.165, 1.54) is 6.20 Å². The summed E-state index contributed by atoms with van der Waals surface area (Å²) in [5, 5.41) is 14.3. The number of fused-ring (bicyclic) bond motifs is 1. The van der Waals surface area contributed by atoms with Crippen molar-refractivity contribution in [1.82, 2.24) is 19.4 Å². The molecule has 1 atom stereocenters. The Balaban J connectivity index is 1.27. The van der Waals surface area contributed by atoms with Crippen LogP contribution < -0.4 is 10.1 Å². The molecule has 0 spiro atoms. The number of carbonyl (C=O) groups excluding carboxylic acids is 1. The Morgan fingerprint density at radius 3 is 2.62 bits per heavy atom. The van der Waals surface area contributed by atoms with E-state index in [4.69, 9.17) is 16.3 Å². The van der Waals surface area contributed by atoms with Crippen molar-refractivity contribution in [2.45, 2.75) is 19.1 Å². The molecule has 1 saturated heterocycles. The topological polar surface area (TPSA) is 106 Å². The summed E-state index contributed by atoms with van der Waals surface area (Å²) < 4.78 is 7.57. The zero-order valence-electron chi connectivity index (χ0n) is 15.9. The zero-order valence-corrected chi connectivity index (χ0v) is 16.6. The number of anilines is 1. The maximum Gasteiger partial charge on any atom is 0.415 e. The van der Waals surface area contributed by atoms with Crippen molar-refractivity contribution in [3.63, 3.8) is 0 Å². The third-order valence-corrected chi connectivity index (χ3v) is 5.32. The fourth-order valence-corrected chi connectivity index (χ4v) is 3.81. The van der Waals surface area contributed by atoms with Crippen molar-refractivity contribution in [3.8, 4) is 6.01 Å². The highest BCUT2D eigenvalue weighted by molar-refractivity contribution is 6.30. The molecule has 2 aliphatic heterocycles. The van der Waals surface area contributed by atoms with Crippen LogP contribution >= 0.6 is 11.6 Å². The van der Waals surface area contributed by atoms with Crippen molar-refractivity contribution in [2.24, 2.45) is 0 Å². The van der Waals surface area contributed by atoms with E-state index in [-0.39, 0.29) is 17.9 Å². The van der Waals surface area contributed by atoms with Gasteiger partial charge in [-0.1, -0.05) is 11.6 Å². The minimum Gasteiger partial charge on any atom is -0.436 e. The molecule has 2 aliphatic rings. The summed E-state index contributed by atoms with van der Waals surface area (Å²) in [6, 6.07) is 7.14. The van der Waals surface area contributed by atoms with Gasteiger partial charge in [-0.2, -0.15) is 0 Å². The summed E-state index contributed by atoms with van der Waals surface area (Å²) >= 11 is 5.86. The molecule has 1 fully saturated rings. The molecule has 11 heteroatoms. The monoisotopic (exact) mass is 420 g/mol. The van der Waals surface area contributed by atoms with E-state index in [1.807, 2.05) is 6.92 Å². The Kier molecular flexibility index (Phi) is 5.05. The number of aromatic nitrogens is 2. The molecule has 2 aromatic rings. The first kappa shape index (κ1) is 19.5. The third kappa shape index (κ3) is 4.28. The standard InChI is InChI=1S/C18H21ClN6O4/c1-18(12-24-10-15(25(27)28)21-17(24)29-18)11-22-6-8-23(9-7-22)16(26)20-14-4-2-13(19)3-5-14/h2-5,10H,6-9,11-12H2,1H3,(H,20,26). The normalized spacial score (nSPS) is 21.5. The third-order valence-electron chi connectivity index (χ3n) is 5.07. The maximum absolute atomic E-state index is 12.4. The van der Waals surface area contributed by atoms with Crippen LogP contribution in [0.1, 0.15) is 6.92 Å². The van der Waals surface area contributed by atoms with Gasteiger partial charge >= 0.3 is 17.9 Å². The van der Waals surface area contributed by atoms with Gasteiger partial charge in [-0.05, 0) is 36.1 Å². The molecule has 2 amide bonds. The second-order valence-corrected chi connectivity index (χ2v) is 7.96. The van der Waals surface area contributed by atoms with E-state index < -0.39 is 10.5 Å². The fourth-order valence-electron chi connectivity index (χ4n) is 3.68. The van der Waals surface area contributed by atoms with Gasteiger partial charge in [0.15, 0.2) is 0 Å². The lowest BCUT2D eigenvalue weighted by Crippen LogP contribution is -2.54. The molecular formula is C18H21ClN6O4. The predicted molar refractivity (Wildman–Crippen MR) is 106 cm³/mol. The van der Waals surface area contributed by atoms with Crippen LogP contribution in [0.3, 0.4) is 0 Å². The van der Waals surface area contributed by atoms with E-state index in [9.17, 15) is 14.9 Å². The van der Waals surface area contributed by atoms with Gasteiger partial charge in [0, 0.05) is 48.4 Å². The molecule has 0 aliphatic carbocycles. The first-order valence-electron chi connectivity index (χ1n) is 9.26. The molecule has 154 valence electrons. The number of piperazine rings is 1. The summed E-state index contributed by atoms with van der Waals surface area (Å²) in [4.78, 5) is 30.7. The number of hydrogen-bond donors (Lipinski definition) is 1. The van der Waals surface area contributed by atoms with Crippen molar-refractivity contribution in [3.05, 3.63) is 45.6 Å². The maximum atomic E-state index is 12.4. The first-order chi connectivity index (χ1) is 13.8. The molecule has 1 aromatic carbocycles. The molecular weight excluding hydrogens is 400 g/mol. The number of halogens is 1. The van der Waals surface area contributed by atoms with Crippen LogP contribution in [0.2, 0.25) is 5.02 Å². The largest absolute Gasteiger partial charge is 0.436 e. The average molecular weight is 421 g/mol. The molecule has 1 N–H and O–H groups in total. The minimum atomic E-state index is -0.527. The van der Waals surface area contributed by atoms with Gasteiger partial charge in [0.1, 0.15) is 11.8 Å². The highest BCUT2D eigenvalue weighted by Crippen LogP contribution is 2.31. The van der Waals surface area contributed by atoms with Crippen molar-refractivity contribution in [2.75, 3.05) is 38.0 Å². The van der Waals surface area contributed by atoms with Crippen LogP contribution in [0, 0.1) is 10.1 Å². The van der Waals surface area contributed by atoms with Gasteiger partial charge in [-0.25, -0.2) is 4.79 Å². The number of hydrogen-bond acceptors (Lipinski definition) is 6. The van der Waals surface area contributed by atoms with Gasteiger partial charge in [-0.15, -0.1) is 0 Å². The highest BCUT2D eigenvalue weighted by Gasteiger charge is 2.42. The highest BCUT2D eigenvalue weighted by atomic mass is 35.5. The average Bonchev–Trinajstić information content (AvgIpc) is 3.19. The molecule has 0 radical (unpaired) electrons. The van der Waals surface area contributed by atoms with E-state index in [0.717, 1.165) is 13.1 Å². The number of nitrogens with one attached hydrogen (secondary N) is 1. The number of carbonyl (C=O) groups is 1. The number of ether oxygens (including phenoxy) is 1. The summed E-state index contributed by atoms with van der Waals surface area (Å²) in [7, 11) is 0. The molecule has 4 rings (SSSR count). The van der Waals surface area contributed by atoms with Crippen molar-refractivity contribution in [1.29, 1.82) is 0 Å². The Labute approximate surface area is 172 Å². The lowest BCUT2D eigenvalue weighted by molar-refractivity contribution is -0.389. The van der Waals surface area contributed by atoms with Crippen LogP contribution in [0.25, 0.3) is 0 Å². The summed E-state index contributed by atoms with van der Waals surface area (Å²) in [6.45, 7) is 5.76. The van der Waals surface area contributed by atoms with E-state index in [0.29, 0.717) is 36.9 Å². The van der Waals surface area contributed by atoms with Crippen molar-refractivity contribution < 1.29 is 14.5 Å². The number of amides is 2. The van der Waals surface area contributed by atoms with Gasteiger partial charge in [0.05, 0.1) is 6.54 Å². The van der Waals surface area contributed by atoms with Crippen molar-refractivity contribution >= 4 is 29.1 Å². The molecule has 0 saturated carbocycles. The molecule has 0 bridgehead atoms. The quantitative estimate of drug-likeness (QED) is 0.601. The van der Waals surface area contributed by atoms with Crippen LogP contribution in [0.15, 0.2) is 30.5 Å². The Morgan fingerprint density at radius 1 is 1.31 bits per heavy atom. The zero-order chi connectivity index (χ0) is 20.6. The second-order valence-electron chi connectivity index (χ2n) is 7.52. The summed E-state index contributed by atoms with van der Waals surface area (Å²) in [6.07, 6.45) is 1.40. The molecule has 29 heavy (non-hydrogen) atoms. The van der Waals surface area contributed by atoms with E-state index >= 15 is 0 Å². The number of benzene rings is 1. The number of nitrogens with zero attached hydrogens (tertiary/aromatic N) is 5. The molecule has 1 unspecified atom stereocenters. The lowest BCUT2D eigenvalue weighted by Gasteiger charge is -2.37. The van der Waals surface area contributed by atoms with Crippen LogP contribution in [0.4, 0.5) is 16.3 Å². The van der Waals surface area contributed by atoms with E-state index in [1.54, 1.807) is 33.7 Å². The minimum absolute atomic E-state index is 0.136. The van der Waals surface area contributed by atoms with Crippen LogP contribution in [-0.2, 0) is 6.54 Å². The SMILES string of the molecule is CC1(CN2CCN(C(=O)Nc3ccc(Cl)cc3)CC2)Cn2cc([N+](=O)[O-])nc2O1. The summed E-state index contributed by atoms with van der Waals surface area (Å²) in [5.74, 6) is -0.206. The number of nitro groups is 1. The first-order valence-corrected chi connectivity index (χ1v) is 9.64. The number of imidazole rings is 1. The fraction of sp³-hybridized carbons (Fsp3) is 0.444. The Bertz CT molecular complexity index is 899. The Hall–Kier alpha value is -2.85. The van der Waals surface area contributed by atoms with Gasteiger partial charge in [0.25, 0.3) is 0 Å². The number of urea groups is 1. The van der Waals surface area contributed by atoms with Gasteiger partial charge in [-0.3, -0.25) is 9.47 Å². The predicted octanol–water partition coefficient (Wildman–Crippen LogP) is 2.45. The van der Waals surface area contributed by atoms with E-state index in [2.05, 4.69) is 15.2 Å². The summed E-state index contributed by atoms with van der Waals surface area (Å²) in [5.41, 5.74) is 0.197. The van der Waals surface area contributed by atoms with Crippen LogP contribution in [0.5, 0.6) is 6.01 Å². The van der Waals surface area contributed by atoms with Gasteiger partial charge in [0.2, 0.25) is 0 Å².